The largest absolute Gasteiger partial charge is 0.332 e. The molecular weight excluding hydrogens is 193 g/mol. The molecule has 0 spiro atoms. The Morgan fingerprint density at radius 3 is 3.13 bits per heavy atom. The first-order chi connectivity index (χ1) is 7.20. The first-order valence-electron chi connectivity index (χ1n) is 5.57. The van der Waals surface area contributed by atoms with Crippen molar-refractivity contribution in [3.63, 3.8) is 0 Å². The highest BCUT2D eigenvalue weighted by Gasteiger charge is 2.31. The van der Waals surface area contributed by atoms with Crippen molar-refractivity contribution >= 4 is 0 Å². The lowest BCUT2D eigenvalue weighted by Crippen LogP contribution is -2.30. The van der Waals surface area contributed by atoms with Gasteiger partial charge in [-0.1, -0.05) is 0 Å². The molecule has 1 saturated heterocycles. The number of nitrogens with one attached hydrogen (secondary N) is 1. The number of imidazole rings is 1. The summed E-state index contributed by atoms with van der Waals surface area (Å²) < 4.78 is 16.4. The van der Waals surface area contributed by atoms with Crippen molar-refractivity contribution in [3.8, 4) is 0 Å². The van der Waals surface area contributed by atoms with Gasteiger partial charge in [-0.2, -0.15) is 0 Å². The molecule has 1 unspecified atom stereocenters. The molecule has 1 N–H and O–H groups in total. The average Bonchev–Trinajstić information content (AvgIpc) is 2.48. The molecule has 1 aliphatic heterocycles. The first kappa shape index (κ1) is 10.6. The van der Waals surface area contributed by atoms with Crippen molar-refractivity contribution < 1.29 is 4.39 Å². The highest BCUT2D eigenvalue weighted by Crippen LogP contribution is 2.26. The van der Waals surface area contributed by atoms with Crippen LogP contribution in [0.3, 0.4) is 0 Å². The minimum absolute atomic E-state index is 0.445. The van der Waals surface area contributed by atoms with Crippen molar-refractivity contribution in [1.82, 2.24) is 14.9 Å². The van der Waals surface area contributed by atoms with E-state index in [4.69, 9.17) is 0 Å². The van der Waals surface area contributed by atoms with Crippen LogP contribution in [0.15, 0.2) is 12.4 Å². The topological polar surface area (TPSA) is 29.9 Å². The molecule has 15 heavy (non-hydrogen) atoms. The highest BCUT2D eigenvalue weighted by atomic mass is 19.1. The molecule has 3 nitrogen and oxygen atoms in total. The predicted molar refractivity (Wildman–Crippen MR) is 57.5 cm³/mol. The molecule has 2 rings (SSSR count). The van der Waals surface area contributed by atoms with E-state index in [1.165, 1.54) is 0 Å². The van der Waals surface area contributed by atoms with Crippen molar-refractivity contribution in [3.05, 3.63) is 18.2 Å². The monoisotopic (exact) mass is 211 g/mol. The third-order valence-corrected chi connectivity index (χ3v) is 3.11. The average molecular weight is 211 g/mol. The Bertz CT molecular complexity index is 313. The predicted octanol–water partition coefficient (Wildman–Crippen LogP) is 1.67. The molecule has 84 valence electrons. The second-order valence-corrected chi connectivity index (χ2v) is 4.36. The summed E-state index contributed by atoms with van der Waals surface area (Å²) in [5, 5.41) is 3.23. The Hall–Kier alpha value is -0.900. The van der Waals surface area contributed by atoms with Crippen LogP contribution < -0.4 is 5.32 Å². The summed E-state index contributed by atoms with van der Waals surface area (Å²) in [7, 11) is 0. The molecule has 1 aromatic rings. The van der Waals surface area contributed by atoms with Crippen molar-refractivity contribution in [1.29, 1.82) is 0 Å². The molecule has 0 amide bonds. The van der Waals surface area contributed by atoms with Gasteiger partial charge in [0.15, 0.2) is 0 Å². The molecule has 0 saturated carbocycles. The van der Waals surface area contributed by atoms with Gasteiger partial charge in [0.05, 0.1) is 6.54 Å². The van der Waals surface area contributed by atoms with Gasteiger partial charge in [-0.25, -0.2) is 9.37 Å². The zero-order valence-electron chi connectivity index (χ0n) is 9.17. The van der Waals surface area contributed by atoms with Crippen LogP contribution in [0.2, 0.25) is 0 Å². The fraction of sp³-hybridized carbons (Fsp3) is 0.727. The van der Waals surface area contributed by atoms with Crippen LogP contribution in [0.1, 0.15) is 25.1 Å². The van der Waals surface area contributed by atoms with E-state index in [0.29, 0.717) is 19.4 Å². The number of rotatable bonds is 2. The Morgan fingerprint density at radius 2 is 2.40 bits per heavy atom. The quantitative estimate of drug-likeness (QED) is 0.806. The van der Waals surface area contributed by atoms with Crippen molar-refractivity contribution in [2.24, 2.45) is 0 Å². The second kappa shape index (κ2) is 4.31. The van der Waals surface area contributed by atoms with Gasteiger partial charge in [-0.3, -0.25) is 0 Å². The molecule has 0 aromatic carbocycles. The van der Waals surface area contributed by atoms with E-state index in [1.54, 1.807) is 6.20 Å². The Balaban J connectivity index is 2.05. The summed E-state index contributed by atoms with van der Waals surface area (Å²) in [6.45, 7) is 4.08. The number of hydrogen-bond donors (Lipinski definition) is 1. The van der Waals surface area contributed by atoms with E-state index in [2.05, 4.69) is 10.3 Å². The number of halogens is 1. The summed E-state index contributed by atoms with van der Waals surface area (Å²) in [6, 6.07) is 0. The Labute approximate surface area is 89.7 Å². The van der Waals surface area contributed by atoms with Crippen LogP contribution in [-0.4, -0.2) is 28.3 Å². The molecule has 0 aliphatic carbocycles. The van der Waals surface area contributed by atoms with Gasteiger partial charge in [0.25, 0.3) is 0 Å². The molecule has 1 atom stereocenters. The second-order valence-electron chi connectivity index (χ2n) is 4.36. The van der Waals surface area contributed by atoms with E-state index in [0.717, 1.165) is 25.3 Å². The number of alkyl halides is 1. The van der Waals surface area contributed by atoms with E-state index in [1.807, 2.05) is 17.7 Å². The van der Waals surface area contributed by atoms with Crippen LogP contribution >= 0.6 is 0 Å². The third-order valence-electron chi connectivity index (χ3n) is 3.11. The molecule has 0 bridgehead atoms. The summed E-state index contributed by atoms with van der Waals surface area (Å²) >= 11 is 0. The fourth-order valence-electron chi connectivity index (χ4n) is 2.13. The summed E-state index contributed by atoms with van der Waals surface area (Å²) in [6.07, 6.45) is 5.76. The van der Waals surface area contributed by atoms with Gasteiger partial charge >= 0.3 is 0 Å². The van der Waals surface area contributed by atoms with Crippen LogP contribution in [-0.2, 0) is 6.54 Å². The number of hydrogen-bond acceptors (Lipinski definition) is 2. The lowest BCUT2D eigenvalue weighted by Gasteiger charge is -2.24. The lowest BCUT2D eigenvalue weighted by atomic mass is 9.97. The van der Waals surface area contributed by atoms with Crippen LogP contribution in [0.4, 0.5) is 4.39 Å². The maximum atomic E-state index is 14.5. The fourth-order valence-corrected chi connectivity index (χ4v) is 2.13. The molecular formula is C11H18FN3. The van der Waals surface area contributed by atoms with Crippen LogP contribution in [0.25, 0.3) is 0 Å². The minimum atomic E-state index is -1.06. The Morgan fingerprint density at radius 1 is 1.53 bits per heavy atom. The smallest absolute Gasteiger partial charge is 0.130 e. The molecule has 1 aliphatic rings. The minimum Gasteiger partial charge on any atom is -0.332 e. The van der Waals surface area contributed by atoms with Crippen LogP contribution in [0, 0.1) is 6.92 Å². The summed E-state index contributed by atoms with van der Waals surface area (Å²) in [5.41, 5.74) is -1.06. The zero-order valence-corrected chi connectivity index (χ0v) is 9.17. The van der Waals surface area contributed by atoms with E-state index in [9.17, 15) is 4.39 Å². The standard InChI is InChI=1S/C11H18FN3/c1-10-14-7-8-15(10)9-11(12)3-2-5-13-6-4-11/h7-8,13H,2-6,9H2,1H3. The van der Waals surface area contributed by atoms with Crippen molar-refractivity contribution in [2.45, 2.75) is 38.4 Å². The van der Waals surface area contributed by atoms with Gasteiger partial charge in [-0.05, 0) is 39.3 Å². The van der Waals surface area contributed by atoms with Crippen LogP contribution in [0.5, 0.6) is 0 Å². The maximum Gasteiger partial charge on any atom is 0.130 e. The van der Waals surface area contributed by atoms with E-state index >= 15 is 0 Å². The molecule has 1 fully saturated rings. The van der Waals surface area contributed by atoms with Gasteiger partial charge in [0, 0.05) is 12.4 Å². The zero-order chi connectivity index (χ0) is 10.7. The van der Waals surface area contributed by atoms with Gasteiger partial charge in [0.2, 0.25) is 0 Å². The number of aryl methyl sites for hydroxylation is 1. The van der Waals surface area contributed by atoms with E-state index in [-0.39, 0.29) is 0 Å². The summed E-state index contributed by atoms with van der Waals surface area (Å²) in [4.78, 5) is 4.12. The first-order valence-corrected chi connectivity index (χ1v) is 5.57. The maximum absolute atomic E-state index is 14.5. The molecule has 0 radical (unpaired) electrons. The van der Waals surface area contributed by atoms with Crippen molar-refractivity contribution in [2.75, 3.05) is 13.1 Å². The van der Waals surface area contributed by atoms with Gasteiger partial charge in [0.1, 0.15) is 11.5 Å². The molecule has 4 heteroatoms. The Kier molecular flexibility index (Phi) is 3.05. The SMILES string of the molecule is Cc1nccn1CC1(F)CCCNCC1. The lowest BCUT2D eigenvalue weighted by molar-refractivity contribution is 0.118. The molecule has 1 aromatic heterocycles. The van der Waals surface area contributed by atoms with Gasteiger partial charge < -0.3 is 9.88 Å². The summed E-state index contributed by atoms with van der Waals surface area (Å²) in [5.74, 6) is 0.893. The number of aromatic nitrogens is 2. The number of nitrogens with zero attached hydrogens (tertiary/aromatic N) is 2. The normalized spacial score (nSPS) is 27.6. The highest BCUT2D eigenvalue weighted by molar-refractivity contribution is 4.93. The van der Waals surface area contributed by atoms with E-state index < -0.39 is 5.67 Å². The molecule has 2 heterocycles. The third kappa shape index (κ3) is 2.56. The van der Waals surface area contributed by atoms with Gasteiger partial charge in [-0.15, -0.1) is 0 Å².